The van der Waals surface area contributed by atoms with Gasteiger partial charge in [-0.05, 0) is 48.3 Å². The van der Waals surface area contributed by atoms with Crippen molar-refractivity contribution in [3.05, 3.63) is 28.5 Å². The zero-order chi connectivity index (χ0) is 12.2. The summed E-state index contributed by atoms with van der Waals surface area (Å²) in [6.45, 7) is 3.93. The van der Waals surface area contributed by atoms with Crippen molar-refractivity contribution in [2.75, 3.05) is 7.11 Å². The van der Waals surface area contributed by atoms with Gasteiger partial charge in [-0.25, -0.2) is 0 Å². The Hall–Kier alpha value is -0.740. The molecule has 0 radical (unpaired) electrons. The van der Waals surface area contributed by atoms with Crippen LogP contribution in [0.3, 0.4) is 0 Å². The quantitative estimate of drug-likeness (QED) is 0.780. The molecule has 0 unspecified atom stereocenters. The average molecular weight is 286 g/mol. The minimum absolute atomic E-state index is 0.0394. The Morgan fingerprint density at radius 3 is 2.81 bits per heavy atom. The molecule has 1 heterocycles. The zero-order valence-electron chi connectivity index (χ0n) is 9.79. The maximum atomic E-state index is 11.9. The number of aromatic nitrogens is 1. The van der Waals surface area contributed by atoms with Crippen molar-refractivity contribution >= 4 is 21.7 Å². The molecule has 3 nitrogen and oxygen atoms in total. The second kappa shape index (κ2) is 5.55. The van der Waals surface area contributed by atoms with Crippen LogP contribution < -0.4 is 0 Å². The smallest absolute Gasteiger partial charge is 0.182 e. The van der Waals surface area contributed by atoms with Gasteiger partial charge in [0.1, 0.15) is 5.69 Å². The van der Waals surface area contributed by atoms with E-state index in [9.17, 15) is 4.79 Å². The predicted octanol–water partition coefficient (Wildman–Crippen LogP) is 3.23. The molecule has 0 fully saturated rings. The molecule has 4 heteroatoms. The Balaban J connectivity index is 2.64. The Morgan fingerprint density at radius 2 is 2.25 bits per heavy atom. The lowest BCUT2D eigenvalue weighted by Crippen LogP contribution is -2.23. The Morgan fingerprint density at radius 1 is 1.56 bits per heavy atom. The molecule has 0 amide bonds. The molecule has 1 rings (SSSR count). The van der Waals surface area contributed by atoms with Gasteiger partial charge in [-0.3, -0.25) is 9.78 Å². The van der Waals surface area contributed by atoms with E-state index in [0.717, 1.165) is 4.47 Å². The first-order chi connectivity index (χ1) is 7.46. The van der Waals surface area contributed by atoms with Gasteiger partial charge >= 0.3 is 0 Å². The van der Waals surface area contributed by atoms with Gasteiger partial charge in [-0.15, -0.1) is 0 Å². The van der Waals surface area contributed by atoms with E-state index < -0.39 is 0 Å². The minimum Gasteiger partial charge on any atom is -0.379 e. The molecule has 0 saturated carbocycles. The highest BCUT2D eigenvalue weighted by atomic mass is 79.9. The molecule has 16 heavy (non-hydrogen) atoms. The van der Waals surface area contributed by atoms with Crippen LogP contribution in [0.25, 0.3) is 0 Å². The number of nitrogens with zero attached hydrogens (tertiary/aromatic N) is 1. The highest BCUT2D eigenvalue weighted by Gasteiger charge is 2.20. The third kappa shape index (κ3) is 3.68. The van der Waals surface area contributed by atoms with Crippen LogP contribution in [0.1, 0.15) is 37.2 Å². The van der Waals surface area contributed by atoms with E-state index in [4.69, 9.17) is 4.74 Å². The molecule has 0 atom stereocenters. The number of ether oxygens (including phenoxy) is 1. The Kier molecular flexibility index (Phi) is 4.62. The number of Topliss-reactive ketones (excluding diaryl/α,β-unsaturated/α-hetero) is 1. The monoisotopic (exact) mass is 285 g/mol. The van der Waals surface area contributed by atoms with E-state index in [1.165, 1.54) is 0 Å². The third-order valence-electron chi connectivity index (χ3n) is 2.53. The van der Waals surface area contributed by atoms with E-state index in [-0.39, 0.29) is 11.4 Å². The van der Waals surface area contributed by atoms with Gasteiger partial charge in [0, 0.05) is 24.2 Å². The highest BCUT2D eigenvalue weighted by molar-refractivity contribution is 9.10. The van der Waals surface area contributed by atoms with Gasteiger partial charge in [0.2, 0.25) is 0 Å². The standard InChI is InChI=1S/C12H16BrNO2/c1-12(2,16-3)7-6-10(15)11-9(13)5-4-8-14-11/h4-5,8H,6-7H2,1-3H3. The van der Waals surface area contributed by atoms with Crippen LogP contribution in [-0.4, -0.2) is 23.5 Å². The number of carbonyl (C=O) groups excluding carboxylic acids is 1. The van der Waals surface area contributed by atoms with Crippen molar-refractivity contribution in [3.63, 3.8) is 0 Å². The molecule has 0 N–H and O–H groups in total. The lowest BCUT2D eigenvalue weighted by atomic mass is 9.99. The van der Waals surface area contributed by atoms with Crippen molar-refractivity contribution in [2.24, 2.45) is 0 Å². The maximum absolute atomic E-state index is 11.9. The number of pyridine rings is 1. The van der Waals surface area contributed by atoms with Gasteiger partial charge in [0.15, 0.2) is 5.78 Å². The van der Waals surface area contributed by atoms with Gasteiger partial charge in [0.25, 0.3) is 0 Å². The average Bonchev–Trinajstić information content (AvgIpc) is 2.27. The van der Waals surface area contributed by atoms with Crippen molar-refractivity contribution in [1.82, 2.24) is 4.98 Å². The first-order valence-electron chi connectivity index (χ1n) is 5.15. The van der Waals surface area contributed by atoms with E-state index in [1.807, 2.05) is 19.9 Å². The summed E-state index contributed by atoms with van der Waals surface area (Å²) in [5.41, 5.74) is 0.228. The highest BCUT2D eigenvalue weighted by Crippen LogP contribution is 2.20. The molecule has 0 aromatic carbocycles. The second-order valence-corrected chi connectivity index (χ2v) is 5.08. The molecule has 0 saturated heterocycles. The maximum Gasteiger partial charge on any atom is 0.182 e. The summed E-state index contributed by atoms with van der Waals surface area (Å²) in [6.07, 6.45) is 2.75. The van der Waals surface area contributed by atoms with Gasteiger partial charge in [-0.1, -0.05) is 0 Å². The summed E-state index contributed by atoms with van der Waals surface area (Å²) in [7, 11) is 1.65. The van der Waals surface area contributed by atoms with Crippen molar-refractivity contribution in [1.29, 1.82) is 0 Å². The predicted molar refractivity (Wildman–Crippen MR) is 66.6 cm³/mol. The fraction of sp³-hybridized carbons (Fsp3) is 0.500. The van der Waals surface area contributed by atoms with Crippen molar-refractivity contribution in [2.45, 2.75) is 32.3 Å². The van der Waals surface area contributed by atoms with Gasteiger partial charge in [-0.2, -0.15) is 0 Å². The molecule has 88 valence electrons. The fourth-order valence-electron chi connectivity index (χ4n) is 1.23. The topological polar surface area (TPSA) is 39.2 Å². The minimum atomic E-state index is -0.267. The number of hydrogen-bond donors (Lipinski definition) is 0. The van der Waals surface area contributed by atoms with Crippen LogP contribution in [0.2, 0.25) is 0 Å². The summed E-state index contributed by atoms with van der Waals surface area (Å²) in [6, 6.07) is 3.61. The van der Waals surface area contributed by atoms with Crippen LogP contribution >= 0.6 is 15.9 Å². The number of ketones is 1. The van der Waals surface area contributed by atoms with Crippen molar-refractivity contribution < 1.29 is 9.53 Å². The molecule has 1 aromatic rings. The van der Waals surface area contributed by atoms with E-state index in [1.54, 1.807) is 19.4 Å². The summed E-state index contributed by atoms with van der Waals surface area (Å²) in [4.78, 5) is 15.9. The number of rotatable bonds is 5. The SMILES string of the molecule is COC(C)(C)CCC(=O)c1ncccc1Br. The van der Waals surface area contributed by atoms with Gasteiger partial charge in [0.05, 0.1) is 5.60 Å². The number of carbonyl (C=O) groups is 1. The van der Waals surface area contributed by atoms with Crippen LogP contribution in [0.15, 0.2) is 22.8 Å². The second-order valence-electron chi connectivity index (χ2n) is 4.22. The molecule has 0 spiro atoms. The molecule has 1 aromatic heterocycles. The lowest BCUT2D eigenvalue weighted by Gasteiger charge is -2.22. The van der Waals surface area contributed by atoms with Crippen molar-refractivity contribution in [3.8, 4) is 0 Å². The van der Waals surface area contributed by atoms with Crippen LogP contribution in [0, 0.1) is 0 Å². The molecular weight excluding hydrogens is 270 g/mol. The number of halogens is 1. The Bertz CT molecular complexity index is 377. The van der Waals surface area contributed by atoms with E-state index in [0.29, 0.717) is 18.5 Å². The zero-order valence-corrected chi connectivity index (χ0v) is 11.4. The summed E-state index contributed by atoms with van der Waals surface area (Å²) in [5, 5.41) is 0. The Labute approximate surface area is 104 Å². The first kappa shape index (κ1) is 13.3. The molecule has 0 aliphatic heterocycles. The first-order valence-corrected chi connectivity index (χ1v) is 5.94. The van der Waals surface area contributed by atoms with Crippen LogP contribution in [0.5, 0.6) is 0 Å². The van der Waals surface area contributed by atoms with E-state index >= 15 is 0 Å². The van der Waals surface area contributed by atoms with Gasteiger partial charge < -0.3 is 4.74 Å². The lowest BCUT2D eigenvalue weighted by molar-refractivity contribution is 0.0141. The molecule has 0 aliphatic carbocycles. The normalized spacial score (nSPS) is 11.5. The largest absolute Gasteiger partial charge is 0.379 e. The molecular formula is C12H16BrNO2. The van der Waals surface area contributed by atoms with Crippen LogP contribution in [-0.2, 0) is 4.74 Å². The summed E-state index contributed by atoms with van der Waals surface area (Å²) < 4.78 is 6.02. The summed E-state index contributed by atoms with van der Waals surface area (Å²) >= 11 is 3.32. The van der Waals surface area contributed by atoms with E-state index in [2.05, 4.69) is 20.9 Å². The molecule has 0 bridgehead atoms. The number of methoxy groups -OCH3 is 1. The third-order valence-corrected chi connectivity index (χ3v) is 3.17. The fourth-order valence-corrected chi connectivity index (χ4v) is 1.70. The number of hydrogen-bond acceptors (Lipinski definition) is 3. The molecule has 0 aliphatic rings. The summed E-state index contributed by atoms with van der Waals surface area (Å²) in [5.74, 6) is 0.0394. The van der Waals surface area contributed by atoms with Crippen LogP contribution in [0.4, 0.5) is 0 Å².